The van der Waals surface area contributed by atoms with E-state index in [1.54, 1.807) is 6.07 Å². The van der Waals surface area contributed by atoms with Crippen molar-refractivity contribution >= 4 is 0 Å². The Kier molecular flexibility index (Phi) is 3.05. The molecule has 0 aliphatic heterocycles. The molecule has 2 aromatic rings. The molecule has 1 aliphatic carbocycles. The second-order valence-electron chi connectivity index (χ2n) is 5.04. The van der Waals surface area contributed by atoms with E-state index in [-0.39, 0.29) is 5.56 Å². The molecule has 0 spiro atoms. The van der Waals surface area contributed by atoms with Crippen molar-refractivity contribution in [2.75, 3.05) is 0 Å². The molecule has 3 rings (SSSR count). The lowest BCUT2D eigenvalue weighted by Crippen LogP contribution is -2.23. The van der Waals surface area contributed by atoms with Crippen LogP contribution in [0.25, 0.3) is 11.3 Å². The fraction of sp³-hybridized carbons (Fsp3) is 0.400. The fourth-order valence-corrected chi connectivity index (χ4v) is 2.79. The van der Waals surface area contributed by atoms with Crippen molar-refractivity contribution in [2.45, 2.75) is 38.1 Å². The van der Waals surface area contributed by atoms with Gasteiger partial charge in [-0.2, -0.15) is 0 Å². The van der Waals surface area contributed by atoms with Crippen LogP contribution in [0.2, 0.25) is 0 Å². The van der Waals surface area contributed by atoms with Crippen LogP contribution in [-0.2, 0) is 0 Å². The first-order chi connectivity index (χ1) is 8.84. The highest BCUT2D eigenvalue weighted by Crippen LogP contribution is 2.27. The smallest absolute Gasteiger partial charge is 0.267 e. The van der Waals surface area contributed by atoms with E-state index in [2.05, 4.69) is 5.10 Å². The normalized spacial score (nSPS) is 16.9. The Hall–Kier alpha value is -1.77. The summed E-state index contributed by atoms with van der Waals surface area (Å²) in [7, 11) is 0. The lowest BCUT2D eigenvalue weighted by atomic mass is 9.96. The largest absolute Gasteiger partial charge is 0.295 e. The quantitative estimate of drug-likeness (QED) is 0.861. The summed E-state index contributed by atoms with van der Waals surface area (Å²) >= 11 is 0. The van der Waals surface area contributed by atoms with Crippen LogP contribution in [0.3, 0.4) is 0 Å². The molecule has 0 saturated heterocycles. The van der Waals surface area contributed by atoms with Crippen LogP contribution >= 0.6 is 0 Å². The Bertz CT molecular complexity index is 562. The van der Waals surface area contributed by atoms with Crippen molar-refractivity contribution in [1.82, 2.24) is 9.78 Å². The molecule has 0 atom stereocenters. The summed E-state index contributed by atoms with van der Waals surface area (Å²) < 4.78 is 1.82. The number of hydrogen-bond donors (Lipinski definition) is 1. The zero-order valence-corrected chi connectivity index (χ0v) is 10.4. The van der Waals surface area contributed by atoms with Gasteiger partial charge < -0.3 is 0 Å². The molecule has 94 valence electrons. The Morgan fingerprint density at radius 2 is 1.78 bits per heavy atom. The maximum absolute atomic E-state index is 12.0. The first-order valence-corrected chi connectivity index (χ1v) is 6.71. The van der Waals surface area contributed by atoms with Gasteiger partial charge in [0, 0.05) is 6.07 Å². The van der Waals surface area contributed by atoms with Gasteiger partial charge in [-0.3, -0.25) is 9.89 Å². The number of nitrogens with zero attached hydrogens (tertiary/aromatic N) is 1. The SMILES string of the molecule is O=c1cc(-c2ccccc2)[nH]n1C1CCCCC1. The van der Waals surface area contributed by atoms with Crippen LogP contribution < -0.4 is 5.56 Å². The number of aromatic amines is 1. The van der Waals surface area contributed by atoms with E-state index in [4.69, 9.17) is 0 Å². The summed E-state index contributed by atoms with van der Waals surface area (Å²) in [5.41, 5.74) is 2.09. The predicted molar refractivity (Wildman–Crippen MR) is 72.6 cm³/mol. The van der Waals surface area contributed by atoms with E-state index in [0.29, 0.717) is 6.04 Å². The zero-order chi connectivity index (χ0) is 12.4. The molecule has 3 nitrogen and oxygen atoms in total. The first-order valence-electron chi connectivity index (χ1n) is 6.71. The molecule has 1 N–H and O–H groups in total. The van der Waals surface area contributed by atoms with Crippen LogP contribution in [0.5, 0.6) is 0 Å². The topological polar surface area (TPSA) is 37.8 Å². The van der Waals surface area contributed by atoms with Crippen molar-refractivity contribution in [3.05, 3.63) is 46.8 Å². The molecule has 18 heavy (non-hydrogen) atoms. The molecule has 1 fully saturated rings. The predicted octanol–water partition coefficient (Wildman–Crippen LogP) is 3.35. The fourth-order valence-electron chi connectivity index (χ4n) is 2.79. The van der Waals surface area contributed by atoms with Crippen LogP contribution in [0.1, 0.15) is 38.1 Å². The Labute approximate surface area is 106 Å². The lowest BCUT2D eigenvalue weighted by molar-refractivity contribution is 0.324. The molecule has 0 amide bonds. The average Bonchev–Trinajstić information content (AvgIpc) is 2.83. The molecular formula is C15H18N2O. The van der Waals surface area contributed by atoms with E-state index in [9.17, 15) is 4.79 Å². The highest BCUT2D eigenvalue weighted by atomic mass is 16.1. The Morgan fingerprint density at radius 3 is 2.50 bits per heavy atom. The zero-order valence-electron chi connectivity index (χ0n) is 10.4. The third-order valence-electron chi connectivity index (χ3n) is 3.77. The molecule has 0 bridgehead atoms. The van der Waals surface area contributed by atoms with E-state index in [0.717, 1.165) is 24.1 Å². The van der Waals surface area contributed by atoms with Gasteiger partial charge in [-0.25, -0.2) is 4.68 Å². The second-order valence-corrected chi connectivity index (χ2v) is 5.04. The van der Waals surface area contributed by atoms with Gasteiger partial charge in [-0.05, 0) is 18.4 Å². The van der Waals surface area contributed by atoms with Gasteiger partial charge >= 0.3 is 0 Å². The number of benzene rings is 1. The summed E-state index contributed by atoms with van der Waals surface area (Å²) in [5.74, 6) is 0. The van der Waals surface area contributed by atoms with Crippen LogP contribution in [-0.4, -0.2) is 9.78 Å². The van der Waals surface area contributed by atoms with Crippen molar-refractivity contribution in [3.63, 3.8) is 0 Å². The standard InChI is InChI=1S/C15H18N2O/c18-15-11-14(12-7-3-1-4-8-12)16-17(15)13-9-5-2-6-10-13/h1,3-4,7-8,11,13,16H,2,5-6,9-10H2. The van der Waals surface area contributed by atoms with Crippen molar-refractivity contribution in [1.29, 1.82) is 0 Å². The van der Waals surface area contributed by atoms with Crippen molar-refractivity contribution in [3.8, 4) is 11.3 Å². The number of aromatic nitrogens is 2. The second kappa shape index (κ2) is 4.84. The summed E-state index contributed by atoms with van der Waals surface area (Å²) in [6, 6.07) is 12.1. The van der Waals surface area contributed by atoms with Gasteiger partial charge in [0.1, 0.15) is 0 Å². The monoisotopic (exact) mass is 242 g/mol. The van der Waals surface area contributed by atoms with Gasteiger partial charge in [0.05, 0.1) is 11.7 Å². The summed E-state index contributed by atoms with van der Waals surface area (Å²) in [5, 5.41) is 3.27. The minimum Gasteiger partial charge on any atom is -0.295 e. The average molecular weight is 242 g/mol. The van der Waals surface area contributed by atoms with Gasteiger partial charge in [-0.1, -0.05) is 49.6 Å². The number of H-pyrrole nitrogens is 1. The Balaban J connectivity index is 1.93. The number of nitrogens with one attached hydrogen (secondary N) is 1. The van der Waals surface area contributed by atoms with Crippen molar-refractivity contribution in [2.24, 2.45) is 0 Å². The van der Waals surface area contributed by atoms with Gasteiger partial charge in [0.2, 0.25) is 0 Å². The lowest BCUT2D eigenvalue weighted by Gasteiger charge is -2.21. The molecule has 3 heteroatoms. The van der Waals surface area contributed by atoms with E-state index in [1.165, 1.54) is 19.3 Å². The number of rotatable bonds is 2. The Morgan fingerprint density at radius 1 is 1.06 bits per heavy atom. The third kappa shape index (κ3) is 2.13. The molecule has 1 aromatic carbocycles. The molecule has 1 saturated carbocycles. The van der Waals surface area contributed by atoms with Gasteiger partial charge in [-0.15, -0.1) is 0 Å². The van der Waals surface area contributed by atoms with E-state index >= 15 is 0 Å². The van der Waals surface area contributed by atoms with Crippen molar-refractivity contribution < 1.29 is 0 Å². The maximum atomic E-state index is 12.0. The van der Waals surface area contributed by atoms with Crippen LogP contribution in [0, 0.1) is 0 Å². The summed E-state index contributed by atoms with van der Waals surface area (Å²) in [6.45, 7) is 0. The van der Waals surface area contributed by atoms with Crippen LogP contribution in [0.15, 0.2) is 41.2 Å². The third-order valence-corrected chi connectivity index (χ3v) is 3.77. The van der Waals surface area contributed by atoms with E-state index < -0.39 is 0 Å². The minimum atomic E-state index is 0.0979. The first kappa shape index (κ1) is 11.3. The molecule has 1 heterocycles. The highest BCUT2D eigenvalue weighted by Gasteiger charge is 2.18. The number of hydrogen-bond acceptors (Lipinski definition) is 1. The molecule has 0 unspecified atom stereocenters. The highest BCUT2D eigenvalue weighted by molar-refractivity contribution is 5.57. The summed E-state index contributed by atoms with van der Waals surface area (Å²) in [4.78, 5) is 12.0. The van der Waals surface area contributed by atoms with Crippen LogP contribution in [0.4, 0.5) is 0 Å². The molecular weight excluding hydrogens is 224 g/mol. The van der Waals surface area contributed by atoms with Gasteiger partial charge in [0.15, 0.2) is 0 Å². The van der Waals surface area contributed by atoms with E-state index in [1.807, 2.05) is 35.0 Å². The molecule has 0 radical (unpaired) electrons. The molecule has 1 aromatic heterocycles. The maximum Gasteiger partial charge on any atom is 0.267 e. The summed E-state index contributed by atoms with van der Waals surface area (Å²) in [6.07, 6.45) is 6.01. The van der Waals surface area contributed by atoms with Gasteiger partial charge in [0.25, 0.3) is 5.56 Å². The minimum absolute atomic E-state index is 0.0979. The molecule has 1 aliphatic rings.